The summed E-state index contributed by atoms with van der Waals surface area (Å²) in [5.41, 5.74) is 7.55. The third-order valence-electron chi connectivity index (χ3n) is 2.91. The Hall–Kier alpha value is -0.540. The van der Waals surface area contributed by atoms with Gasteiger partial charge in [-0.1, -0.05) is 18.5 Å². The summed E-state index contributed by atoms with van der Waals surface area (Å²) in [6.45, 7) is 4.40. The molecular formula is C12H17ClN2S. The topological polar surface area (TPSA) is 29.3 Å². The monoisotopic (exact) mass is 256 g/mol. The van der Waals surface area contributed by atoms with Gasteiger partial charge in [0.25, 0.3) is 0 Å². The lowest BCUT2D eigenvalue weighted by Gasteiger charge is -2.34. The highest BCUT2D eigenvalue weighted by molar-refractivity contribution is 8.00. The van der Waals surface area contributed by atoms with Crippen LogP contribution in [-0.2, 0) is 0 Å². The Balaban J connectivity index is 2.16. The Morgan fingerprint density at radius 1 is 1.56 bits per heavy atom. The van der Waals surface area contributed by atoms with E-state index >= 15 is 0 Å². The van der Waals surface area contributed by atoms with Crippen LogP contribution in [0.3, 0.4) is 0 Å². The lowest BCUT2D eigenvalue weighted by molar-refractivity contribution is 0.728. The molecule has 1 aromatic rings. The molecule has 0 radical (unpaired) electrons. The van der Waals surface area contributed by atoms with Gasteiger partial charge in [-0.05, 0) is 24.6 Å². The number of nitrogens with zero attached hydrogens (tertiary/aromatic N) is 1. The van der Waals surface area contributed by atoms with Crippen LogP contribution in [-0.4, -0.2) is 24.1 Å². The van der Waals surface area contributed by atoms with Gasteiger partial charge in [-0.3, -0.25) is 0 Å². The molecule has 2 rings (SSSR count). The number of anilines is 2. The zero-order valence-electron chi connectivity index (χ0n) is 9.45. The number of thioether (sulfide) groups is 1. The summed E-state index contributed by atoms with van der Waals surface area (Å²) in [4.78, 5) is 2.37. The molecule has 0 aromatic heterocycles. The normalized spacial score (nSPS) is 21.1. The first-order chi connectivity index (χ1) is 7.70. The molecule has 1 heterocycles. The first-order valence-corrected chi connectivity index (χ1v) is 7.05. The van der Waals surface area contributed by atoms with Gasteiger partial charge in [0.05, 0.1) is 10.7 Å². The highest BCUT2D eigenvalue weighted by Gasteiger charge is 2.20. The van der Waals surface area contributed by atoms with E-state index in [0.29, 0.717) is 0 Å². The van der Waals surface area contributed by atoms with Crippen molar-refractivity contribution in [1.82, 2.24) is 0 Å². The molecule has 4 heteroatoms. The van der Waals surface area contributed by atoms with E-state index in [-0.39, 0.29) is 0 Å². The van der Waals surface area contributed by atoms with Gasteiger partial charge in [0.1, 0.15) is 0 Å². The van der Waals surface area contributed by atoms with Crippen molar-refractivity contribution in [3.63, 3.8) is 0 Å². The number of hydrogen-bond acceptors (Lipinski definition) is 3. The Morgan fingerprint density at radius 3 is 3.06 bits per heavy atom. The SMILES string of the molecule is CCC1CN(c2ccc(N)cc2Cl)CCS1. The number of nitrogens with two attached hydrogens (primary N) is 1. The van der Waals surface area contributed by atoms with Crippen LogP contribution in [0.25, 0.3) is 0 Å². The second-order valence-corrected chi connectivity index (χ2v) is 5.87. The smallest absolute Gasteiger partial charge is 0.0660 e. The first-order valence-electron chi connectivity index (χ1n) is 5.62. The number of benzene rings is 1. The van der Waals surface area contributed by atoms with Crippen LogP contribution >= 0.6 is 23.4 Å². The van der Waals surface area contributed by atoms with Gasteiger partial charge in [-0.2, -0.15) is 11.8 Å². The van der Waals surface area contributed by atoms with Crippen molar-refractivity contribution in [1.29, 1.82) is 0 Å². The highest BCUT2D eigenvalue weighted by atomic mass is 35.5. The summed E-state index contributed by atoms with van der Waals surface area (Å²) < 4.78 is 0. The Morgan fingerprint density at radius 2 is 2.38 bits per heavy atom. The average Bonchev–Trinajstić information content (AvgIpc) is 2.29. The van der Waals surface area contributed by atoms with Gasteiger partial charge in [0.2, 0.25) is 0 Å². The summed E-state index contributed by atoms with van der Waals surface area (Å²) in [6, 6.07) is 5.78. The van der Waals surface area contributed by atoms with Gasteiger partial charge in [0.15, 0.2) is 0 Å². The van der Waals surface area contributed by atoms with Crippen molar-refractivity contribution in [2.75, 3.05) is 29.5 Å². The van der Waals surface area contributed by atoms with Gasteiger partial charge in [-0.25, -0.2) is 0 Å². The summed E-state index contributed by atoms with van der Waals surface area (Å²) in [5, 5.41) is 1.49. The molecule has 1 saturated heterocycles. The molecule has 16 heavy (non-hydrogen) atoms. The van der Waals surface area contributed by atoms with E-state index in [4.69, 9.17) is 17.3 Å². The number of nitrogen functional groups attached to an aromatic ring is 1. The third-order valence-corrected chi connectivity index (χ3v) is 4.58. The predicted molar refractivity (Wildman–Crippen MR) is 74.6 cm³/mol. The number of hydrogen-bond donors (Lipinski definition) is 1. The molecule has 1 aliphatic rings. The quantitative estimate of drug-likeness (QED) is 0.824. The summed E-state index contributed by atoms with van der Waals surface area (Å²) in [5.74, 6) is 1.18. The van der Waals surface area contributed by atoms with Crippen LogP contribution in [0.2, 0.25) is 5.02 Å². The molecular weight excluding hydrogens is 240 g/mol. The van der Waals surface area contributed by atoms with E-state index in [1.54, 1.807) is 0 Å². The molecule has 0 saturated carbocycles. The van der Waals surface area contributed by atoms with Crippen LogP contribution in [0.1, 0.15) is 13.3 Å². The summed E-state index contributed by atoms with van der Waals surface area (Å²) in [6.07, 6.45) is 1.22. The van der Waals surface area contributed by atoms with Crippen molar-refractivity contribution >= 4 is 34.7 Å². The average molecular weight is 257 g/mol. The molecule has 0 aliphatic carbocycles. The van der Waals surface area contributed by atoms with Gasteiger partial charge >= 0.3 is 0 Å². The van der Waals surface area contributed by atoms with E-state index in [1.165, 1.54) is 12.2 Å². The summed E-state index contributed by atoms with van der Waals surface area (Å²) in [7, 11) is 0. The Kier molecular flexibility index (Phi) is 3.87. The molecule has 1 fully saturated rings. The minimum absolute atomic E-state index is 0.724. The van der Waals surface area contributed by atoms with Crippen molar-refractivity contribution in [2.24, 2.45) is 0 Å². The van der Waals surface area contributed by atoms with Crippen LogP contribution < -0.4 is 10.6 Å². The van der Waals surface area contributed by atoms with Gasteiger partial charge in [0, 0.05) is 29.8 Å². The molecule has 0 amide bonds. The second-order valence-electron chi connectivity index (χ2n) is 4.06. The fraction of sp³-hybridized carbons (Fsp3) is 0.500. The van der Waals surface area contributed by atoms with E-state index in [1.807, 2.05) is 18.2 Å². The molecule has 1 aromatic carbocycles. The molecule has 1 unspecified atom stereocenters. The van der Waals surface area contributed by atoms with Crippen molar-refractivity contribution < 1.29 is 0 Å². The van der Waals surface area contributed by atoms with E-state index in [0.717, 1.165) is 34.7 Å². The first kappa shape index (κ1) is 11.9. The molecule has 0 spiro atoms. The van der Waals surface area contributed by atoms with Crippen molar-refractivity contribution in [2.45, 2.75) is 18.6 Å². The predicted octanol–water partition coefficient (Wildman–Crippen LogP) is 3.25. The van der Waals surface area contributed by atoms with E-state index in [9.17, 15) is 0 Å². The van der Waals surface area contributed by atoms with Crippen LogP contribution in [0, 0.1) is 0 Å². The summed E-state index contributed by atoms with van der Waals surface area (Å²) >= 11 is 8.29. The maximum absolute atomic E-state index is 6.23. The molecule has 2 N–H and O–H groups in total. The maximum Gasteiger partial charge on any atom is 0.0660 e. The molecule has 1 atom stereocenters. The zero-order chi connectivity index (χ0) is 11.5. The Bertz CT molecular complexity index is 370. The van der Waals surface area contributed by atoms with Crippen molar-refractivity contribution in [3.05, 3.63) is 23.2 Å². The fourth-order valence-corrected chi connectivity index (χ4v) is 3.45. The number of halogens is 1. The second kappa shape index (κ2) is 5.19. The lowest BCUT2D eigenvalue weighted by atomic mass is 10.2. The highest BCUT2D eigenvalue weighted by Crippen LogP contribution is 2.31. The fourth-order valence-electron chi connectivity index (χ4n) is 1.96. The molecule has 0 bridgehead atoms. The van der Waals surface area contributed by atoms with E-state index in [2.05, 4.69) is 23.6 Å². The van der Waals surface area contributed by atoms with Crippen LogP contribution in [0.4, 0.5) is 11.4 Å². The molecule has 2 nitrogen and oxygen atoms in total. The van der Waals surface area contributed by atoms with Gasteiger partial charge in [-0.15, -0.1) is 0 Å². The van der Waals surface area contributed by atoms with E-state index < -0.39 is 0 Å². The van der Waals surface area contributed by atoms with Gasteiger partial charge < -0.3 is 10.6 Å². The largest absolute Gasteiger partial charge is 0.399 e. The van der Waals surface area contributed by atoms with Crippen LogP contribution in [0.15, 0.2) is 18.2 Å². The Labute approximate surface area is 106 Å². The minimum Gasteiger partial charge on any atom is -0.399 e. The lowest BCUT2D eigenvalue weighted by Crippen LogP contribution is -2.37. The zero-order valence-corrected chi connectivity index (χ0v) is 11.0. The standard InChI is InChI=1S/C12H17ClN2S/c1-2-10-8-15(5-6-16-10)12-4-3-9(14)7-11(12)13/h3-4,7,10H,2,5-6,8,14H2,1H3. The third kappa shape index (κ3) is 2.58. The molecule has 88 valence electrons. The number of rotatable bonds is 2. The molecule has 1 aliphatic heterocycles. The minimum atomic E-state index is 0.724. The maximum atomic E-state index is 6.23. The van der Waals surface area contributed by atoms with Crippen molar-refractivity contribution in [3.8, 4) is 0 Å². The van der Waals surface area contributed by atoms with Crippen LogP contribution in [0.5, 0.6) is 0 Å².